The number of methoxy groups -OCH3 is 1. The van der Waals surface area contributed by atoms with E-state index in [1.165, 1.54) is 25.6 Å². The van der Waals surface area contributed by atoms with Gasteiger partial charge in [0.25, 0.3) is 10.0 Å². The van der Waals surface area contributed by atoms with Gasteiger partial charge in [-0.2, -0.15) is 0 Å². The van der Waals surface area contributed by atoms with E-state index in [2.05, 4.69) is 20.0 Å². The molecule has 0 bridgehead atoms. The maximum Gasteiger partial charge on any atom is 0.316 e. The van der Waals surface area contributed by atoms with Crippen LogP contribution in [0.15, 0.2) is 35.5 Å². The molecular weight excluding hydrogens is 320 g/mol. The van der Waals surface area contributed by atoms with E-state index in [-0.39, 0.29) is 22.5 Å². The number of fused-ring (bicyclic) bond motifs is 1. The number of sulfonamides is 1. The smallest absolute Gasteiger partial charge is 0.316 e. The summed E-state index contributed by atoms with van der Waals surface area (Å²) in [4.78, 5) is 19.1. The molecule has 0 aliphatic carbocycles. The van der Waals surface area contributed by atoms with E-state index in [1.807, 2.05) is 0 Å². The predicted octanol–water partition coefficient (Wildman–Crippen LogP) is 1.17. The average molecular weight is 334 g/mol. The Morgan fingerprint density at radius 2 is 1.96 bits per heavy atom. The number of nitrogens with one attached hydrogen (secondary N) is 2. The number of aryl methyl sites for hydroxylation is 1. The minimum absolute atomic E-state index is 0.0680. The zero-order valence-electron chi connectivity index (χ0n) is 12.2. The van der Waals surface area contributed by atoms with Gasteiger partial charge in [-0.15, -0.1) is 0 Å². The second kappa shape index (κ2) is 5.84. The van der Waals surface area contributed by atoms with Crippen molar-refractivity contribution >= 4 is 27.3 Å². The summed E-state index contributed by atoms with van der Waals surface area (Å²) in [6.07, 6.45) is 3.50. The monoisotopic (exact) mass is 334 g/mol. The number of rotatable bonds is 4. The third kappa shape index (κ3) is 3.24. The van der Waals surface area contributed by atoms with Crippen LogP contribution in [0.1, 0.15) is 12.0 Å². The van der Waals surface area contributed by atoms with E-state index < -0.39 is 10.0 Å². The van der Waals surface area contributed by atoms with Crippen LogP contribution in [0.25, 0.3) is 0 Å². The summed E-state index contributed by atoms with van der Waals surface area (Å²) >= 11 is 0. The molecule has 2 aromatic rings. The quantitative estimate of drug-likeness (QED) is 0.868. The van der Waals surface area contributed by atoms with Crippen LogP contribution in [0, 0.1) is 0 Å². The maximum atomic E-state index is 12.4. The number of hydrogen-bond acceptors (Lipinski definition) is 6. The van der Waals surface area contributed by atoms with Gasteiger partial charge in [0.15, 0.2) is 0 Å². The van der Waals surface area contributed by atoms with Gasteiger partial charge in [-0.1, -0.05) is 0 Å². The molecule has 0 atom stereocenters. The van der Waals surface area contributed by atoms with Crippen LogP contribution in [0.3, 0.4) is 0 Å². The number of amides is 1. The fraction of sp³-hybridized carbons (Fsp3) is 0.214. The van der Waals surface area contributed by atoms with Gasteiger partial charge >= 0.3 is 6.01 Å². The van der Waals surface area contributed by atoms with Crippen molar-refractivity contribution in [2.75, 3.05) is 17.1 Å². The maximum absolute atomic E-state index is 12.4. The predicted molar refractivity (Wildman–Crippen MR) is 82.8 cm³/mol. The SMILES string of the molecule is COc1ncc(NS(=O)(=O)c2ccc3c(c2)CCC(=O)N3)cn1. The van der Waals surface area contributed by atoms with Crippen LogP contribution < -0.4 is 14.8 Å². The summed E-state index contributed by atoms with van der Waals surface area (Å²) in [5, 5.41) is 2.71. The molecule has 1 aromatic carbocycles. The molecule has 0 unspecified atom stereocenters. The highest BCUT2D eigenvalue weighted by molar-refractivity contribution is 7.92. The van der Waals surface area contributed by atoms with Crippen molar-refractivity contribution in [3.63, 3.8) is 0 Å². The standard InChI is InChI=1S/C14H14N4O4S/c1-22-14-15-7-10(8-16-14)18-23(20,21)11-3-4-12-9(6-11)2-5-13(19)17-12/h3-4,6-8,18H,2,5H2,1H3,(H,17,19). The first-order chi connectivity index (χ1) is 11.0. The number of aromatic nitrogens is 2. The summed E-state index contributed by atoms with van der Waals surface area (Å²) in [5.41, 5.74) is 1.67. The molecular formula is C14H14N4O4S. The van der Waals surface area contributed by atoms with Crippen LogP contribution in [0.5, 0.6) is 6.01 Å². The van der Waals surface area contributed by atoms with Gasteiger partial charge in [-0.25, -0.2) is 18.4 Å². The van der Waals surface area contributed by atoms with Crippen LogP contribution in [-0.2, 0) is 21.2 Å². The number of ether oxygens (including phenoxy) is 1. The zero-order valence-corrected chi connectivity index (χ0v) is 13.1. The molecule has 2 heterocycles. The molecule has 1 aliphatic heterocycles. The number of carbonyl (C=O) groups is 1. The molecule has 8 nitrogen and oxygen atoms in total. The Labute approximate surface area is 133 Å². The topological polar surface area (TPSA) is 110 Å². The van der Waals surface area contributed by atoms with Gasteiger partial charge < -0.3 is 10.1 Å². The molecule has 0 saturated carbocycles. The lowest BCUT2D eigenvalue weighted by molar-refractivity contribution is -0.116. The largest absolute Gasteiger partial charge is 0.467 e. The highest BCUT2D eigenvalue weighted by Gasteiger charge is 2.20. The van der Waals surface area contributed by atoms with Crippen molar-refractivity contribution in [2.45, 2.75) is 17.7 Å². The lowest BCUT2D eigenvalue weighted by Crippen LogP contribution is -2.20. The zero-order chi connectivity index (χ0) is 16.4. The van der Waals surface area contributed by atoms with E-state index in [0.29, 0.717) is 18.5 Å². The van der Waals surface area contributed by atoms with Gasteiger partial charge in [-0.05, 0) is 30.2 Å². The Morgan fingerprint density at radius 3 is 2.65 bits per heavy atom. The Hall–Kier alpha value is -2.68. The first kappa shape index (κ1) is 15.2. The lowest BCUT2D eigenvalue weighted by atomic mass is 10.0. The summed E-state index contributed by atoms with van der Waals surface area (Å²) in [6, 6.07) is 4.74. The molecule has 0 radical (unpaired) electrons. The number of hydrogen-bond donors (Lipinski definition) is 2. The minimum atomic E-state index is -3.76. The molecule has 120 valence electrons. The van der Waals surface area contributed by atoms with Crippen LogP contribution in [-0.4, -0.2) is 31.4 Å². The van der Waals surface area contributed by atoms with E-state index in [9.17, 15) is 13.2 Å². The van der Waals surface area contributed by atoms with E-state index in [0.717, 1.165) is 5.56 Å². The normalized spacial score (nSPS) is 13.9. The highest BCUT2D eigenvalue weighted by Crippen LogP contribution is 2.26. The number of nitrogens with zero attached hydrogens (tertiary/aromatic N) is 2. The first-order valence-electron chi connectivity index (χ1n) is 6.79. The molecule has 2 N–H and O–H groups in total. The van der Waals surface area contributed by atoms with Crippen LogP contribution >= 0.6 is 0 Å². The van der Waals surface area contributed by atoms with Gasteiger partial charge in [0.1, 0.15) is 0 Å². The second-order valence-corrected chi connectivity index (χ2v) is 6.61. The van der Waals surface area contributed by atoms with Crippen molar-refractivity contribution in [2.24, 2.45) is 0 Å². The lowest BCUT2D eigenvalue weighted by Gasteiger charge is -2.17. The number of benzene rings is 1. The number of anilines is 2. The Kier molecular flexibility index (Phi) is 3.87. The van der Waals surface area contributed by atoms with Gasteiger partial charge in [0, 0.05) is 12.1 Å². The number of carbonyl (C=O) groups excluding carboxylic acids is 1. The third-order valence-electron chi connectivity index (χ3n) is 3.35. The first-order valence-corrected chi connectivity index (χ1v) is 8.28. The van der Waals surface area contributed by atoms with Gasteiger partial charge in [0.05, 0.1) is 30.1 Å². The molecule has 9 heteroatoms. The van der Waals surface area contributed by atoms with Crippen molar-refractivity contribution in [3.8, 4) is 6.01 Å². The Balaban J connectivity index is 1.85. The summed E-state index contributed by atoms with van der Waals surface area (Å²) < 4.78 is 32.1. The Bertz CT molecular complexity index is 850. The summed E-state index contributed by atoms with van der Waals surface area (Å²) in [5.74, 6) is -0.0680. The Morgan fingerprint density at radius 1 is 1.22 bits per heavy atom. The molecule has 3 rings (SSSR count). The minimum Gasteiger partial charge on any atom is -0.467 e. The van der Waals surface area contributed by atoms with Crippen molar-refractivity contribution in [1.29, 1.82) is 0 Å². The molecule has 1 amide bonds. The summed E-state index contributed by atoms with van der Waals surface area (Å²) in [6.45, 7) is 0. The van der Waals surface area contributed by atoms with E-state index >= 15 is 0 Å². The molecule has 0 spiro atoms. The van der Waals surface area contributed by atoms with Crippen LogP contribution in [0.4, 0.5) is 11.4 Å². The molecule has 0 saturated heterocycles. The fourth-order valence-corrected chi connectivity index (χ4v) is 3.29. The second-order valence-electron chi connectivity index (χ2n) is 4.93. The molecule has 23 heavy (non-hydrogen) atoms. The van der Waals surface area contributed by atoms with E-state index in [4.69, 9.17) is 4.74 Å². The van der Waals surface area contributed by atoms with Crippen molar-refractivity contribution < 1.29 is 17.9 Å². The molecule has 1 aliphatic rings. The summed E-state index contributed by atoms with van der Waals surface area (Å²) in [7, 11) is -2.34. The fourth-order valence-electron chi connectivity index (χ4n) is 2.22. The molecule has 1 aromatic heterocycles. The average Bonchev–Trinajstić information content (AvgIpc) is 2.54. The highest BCUT2D eigenvalue weighted by atomic mass is 32.2. The third-order valence-corrected chi connectivity index (χ3v) is 4.72. The van der Waals surface area contributed by atoms with Crippen molar-refractivity contribution in [3.05, 3.63) is 36.2 Å². The molecule has 0 fully saturated rings. The van der Waals surface area contributed by atoms with E-state index in [1.54, 1.807) is 12.1 Å². The van der Waals surface area contributed by atoms with Crippen LogP contribution in [0.2, 0.25) is 0 Å². The van der Waals surface area contributed by atoms with Crippen molar-refractivity contribution in [1.82, 2.24) is 9.97 Å². The van der Waals surface area contributed by atoms with Gasteiger partial charge in [0.2, 0.25) is 5.91 Å². The van der Waals surface area contributed by atoms with Gasteiger partial charge in [-0.3, -0.25) is 9.52 Å².